The number of rotatable bonds is 4. The summed E-state index contributed by atoms with van der Waals surface area (Å²) in [7, 11) is 2.92. The third kappa shape index (κ3) is 3.85. The Kier molecular flexibility index (Phi) is 6.44. The first-order chi connectivity index (χ1) is 19.2. The smallest absolute Gasteiger partial charge is 0.238 e. The SMILES string of the molecule is COc1cc(O)c(C2C3=CCC4C(=O)N(c5ccc(I)cc5)C(=O)C4C3CC3=C2C(=O)C(C)=CC3=O)c(OC)c1. The lowest BCUT2D eigenvalue weighted by Gasteiger charge is -2.42. The van der Waals surface area contributed by atoms with E-state index in [9.17, 15) is 24.3 Å². The molecule has 1 N–H and O–H groups in total. The lowest BCUT2D eigenvalue weighted by atomic mass is 9.59. The van der Waals surface area contributed by atoms with E-state index in [1.807, 2.05) is 18.2 Å². The van der Waals surface area contributed by atoms with Crippen molar-refractivity contribution in [2.75, 3.05) is 19.1 Å². The zero-order valence-corrected chi connectivity index (χ0v) is 24.2. The zero-order chi connectivity index (χ0) is 28.5. The molecule has 0 radical (unpaired) electrons. The highest BCUT2D eigenvalue weighted by molar-refractivity contribution is 14.1. The molecule has 0 aromatic heterocycles. The van der Waals surface area contributed by atoms with E-state index in [-0.39, 0.29) is 41.1 Å². The summed E-state index contributed by atoms with van der Waals surface area (Å²) in [5.41, 5.74) is 2.48. The number of fused-ring (bicyclic) bond motifs is 3. The summed E-state index contributed by atoms with van der Waals surface area (Å²) in [6, 6.07) is 10.3. The van der Waals surface area contributed by atoms with Crippen LogP contribution in [0.5, 0.6) is 17.2 Å². The number of allylic oxidation sites excluding steroid dienone is 6. The van der Waals surface area contributed by atoms with Gasteiger partial charge in [-0.15, -0.1) is 0 Å². The molecule has 4 atom stereocenters. The fraction of sp³-hybridized carbons (Fsp3) is 0.290. The van der Waals surface area contributed by atoms with Crippen molar-refractivity contribution in [1.29, 1.82) is 0 Å². The first-order valence-electron chi connectivity index (χ1n) is 12.9. The zero-order valence-electron chi connectivity index (χ0n) is 22.1. The van der Waals surface area contributed by atoms with Gasteiger partial charge in [0.15, 0.2) is 11.6 Å². The maximum Gasteiger partial charge on any atom is 0.238 e. The van der Waals surface area contributed by atoms with Gasteiger partial charge in [0.1, 0.15) is 17.2 Å². The number of phenolic OH excluding ortho intramolecular Hbond substituents is 1. The maximum atomic E-state index is 14.0. The third-order valence-corrected chi connectivity index (χ3v) is 9.21. The molecule has 40 heavy (non-hydrogen) atoms. The number of Topliss-reactive ketones (excluding diaryl/α,β-unsaturated/α-hetero) is 1. The third-order valence-electron chi connectivity index (χ3n) is 8.49. The van der Waals surface area contributed by atoms with Crippen LogP contribution in [-0.4, -0.2) is 42.7 Å². The van der Waals surface area contributed by atoms with Gasteiger partial charge in [-0.25, -0.2) is 0 Å². The van der Waals surface area contributed by atoms with Gasteiger partial charge in [0.2, 0.25) is 11.8 Å². The molecule has 8 nitrogen and oxygen atoms in total. The minimum atomic E-state index is -0.828. The molecule has 4 unspecified atom stereocenters. The Labute approximate surface area is 244 Å². The number of ketones is 2. The van der Waals surface area contributed by atoms with E-state index >= 15 is 0 Å². The number of hydrogen-bond acceptors (Lipinski definition) is 7. The molecule has 4 aliphatic rings. The number of ether oxygens (including phenoxy) is 2. The van der Waals surface area contributed by atoms with Crippen LogP contribution in [0.3, 0.4) is 0 Å². The van der Waals surface area contributed by atoms with Gasteiger partial charge in [-0.2, -0.15) is 0 Å². The van der Waals surface area contributed by atoms with Gasteiger partial charge < -0.3 is 14.6 Å². The monoisotopic (exact) mass is 651 g/mol. The first kappa shape index (κ1) is 26.5. The van der Waals surface area contributed by atoms with Crippen molar-refractivity contribution in [3.05, 3.63) is 80.0 Å². The highest BCUT2D eigenvalue weighted by Crippen LogP contribution is 2.58. The fourth-order valence-corrected chi connectivity index (χ4v) is 7.06. The summed E-state index contributed by atoms with van der Waals surface area (Å²) in [4.78, 5) is 55.8. The molecule has 0 spiro atoms. The number of carbonyl (C=O) groups excluding carboxylic acids is 4. The number of anilines is 1. The Morgan fingerprint density at radius 2 is 1.70 bits per heavy atom. The Hall–Kier alpha value is -3.73. The van der Waals surface area contributed by atoms with Crippen LogP contribution in [0.4, 0.5) is 5.69 Å². The standard InChI is InChI=1S/C31H26INO7/c1-14-10-22(34)21-13-20-18(26(27(21)29(14)36)28-23(35)11-17(39-2)12-24(28)40-3)8-9-19-25(20)31(38)33(30(19)37)16-6-4-15(32)5-7-16/h4-8,10-12,19-20,25-26,35H,9,13H2,1-3H3. The predicted molar refractivity (Wildman–Crippen MR) is 154 cm³/mol. The predicted octanol–water partition coefficient (Wildman–Crippen LogP) is 4.65. The normalized spacial score (nSPS) is 25.8. The summed E-state index contributed by atoms with van der Waals surface area (Å²) in [6.07, 6.45) is 3.71. The number of nitrogens with zero attached hydrogens (tertiary/aromatic N) is 1. The van der Waals surface area contributed by atoms with Crippen LogP contribution in [0.15, 0.2) is 70.8 Å². The second kappa shape index (κ2) is 9.72. The molecule has 9 heteroatoms. The minimum Gasteiger partial charge on any atom is -0.507 e. The van der Waals surface area contributed by atoms with E-state index in [1.54, 1.807) is 25.1 Å². The van der Waals surface area contributed by atoms with Gasteiger partial charge in [0.25, 0.3) is 0 Å². The molecule has 1 fully saturated rings. The summed E-state index contributed by atoms with van der Waals surface area (Å²) in [5.74, 6) is -3.29. The maximum absolute atomic E-state index is 14.0. The Bertz CT molecular complexity index is 1600. The summed E-state index contributed by atoms with van der Waals surface area (Å²) >= 11 is 2.17. The molecule has 6 rings (SSSR count). The molecule has 1 saturated heterocycles. The van der Waals surface area contributed by atoms with Crippen molar-refractivity contribution in [2.24, 2.45) is 17.8 Å². The van der Waals surface area contributed by atoms with E-state index in [0.29, 0.717) is 40.3 Å². The number of benzene rings is 2. The van der Waals surface area contributed by atoms with Crippen LogP contribution in [0, 0.1) is 21.3 Å². The van der Waals surface area contributed by atoms with Gasteiger partial charge >= 0.3 is 0 Å². The van der Waals surface area contributed by atoms with E-state index in [4.69, 9.17) is 9.47 Å². The molecule has 0 saturated carbocycles. The van der Waals surface area contributed by atoms with E-state index in [0.717, 1.165) is 9.14 Å². The van der Waals surface area contributed by atoms with Crippen molar-refractivity contribution < 1.29 is 33.8 Å². The van der Waals surface area contributed by atoms with Gasteiger partial charge in [0.05, 0.1) is 31.7 Å². The quantitative estimate of drug-likeness (QED) is 0.222. The molecule has 2 aromatic carbocycles. The van der Waals surface area contributed by atoms with E-state index < -0.39 is 23.7 Å². The number of carbonyl (C=O) groups is 4. The van der Waals surface area contributed by atoms with Crippen LogP contribution >= 0.6 is 22.6 Å². The van der Waals surface area contributed by atoms with Crippen LogP contribution in [0.25, 0.3) is 0 Å². The molecular formula is C31H26INO7. The largest absolute Gasteiger partial charge is 0.507 e. The van der Waals surface area contributed by atoms with E-state index in [2.05, 4.69) is 22.6 Å². The Balaban J connectivity index is 1.53. The van der Waals surface area contributed by atoms with Gasteiger partial charge in [-0.3, -0.25) is 24.1 Å². The highest BCUT2D eigenvalue weighted by atomic mass is 127. The lowest BCUT2D eigenvalue weighted by Crippen LogP contribution is -2.40. The number of imide groups is 1. The topological polar surface area (TPSA) is 110 Å². The van der Waals surface area contributed by atoms with Crippen molar-refractivity contribution >= 4 is 51.7 Å². The number of halogens is 1. The minimum absolute atomic E-state index is 0.154. The van der Waals surface area contributed by atoms with E-state index in [1.165, 1.54) is 31.3 Å². The summed E-state index contributed by atoms with van der Waals surface area (Å²) in [6.45, 7) is 1.60. The Morgan fingerprint density at radius 3 is 2.38 bits per heavy atom. The van der Waals surface area contributed by atoms with Gasteiger partial charge in [0, 0.05) is 43.9 Å². The number of aromatic hydroxyl groups is 1. The molecule has 204 valence electrons. The molecule has 1 heterocycles. The highest BCUT2D eigenvalue weighted by Gasteiger charge is 2.57. The van der Waals surface area contributed by atoms with Crippen LogP contribution < -0.4 is 14.4 Å². The summed E-state index contributed by atoms with van der Waals surface area (Å²) in [5, 5.41) is 11.2. The van der Waals surface area contributed by atoms with Gasteiger partial charge in [-0.05, 0) is 78.6 Å². The molecule has 2 aromatic rings. The number of methoxy groups -OCH3 is 2. The van der Waals surface area contributed by atoms with Crippen LogP contribution in [0.1, 0.15) is 31.2 Å². The molecule has 1 aliphatic heterocycles. The second-order valence-corrected chi connectivity index (χ2v) is 11.7. The fourth-order valence-electron chi connectivity index (χ4n) is 6.70. The average molecular weight is 651 g/mol. The van der Waals surface area contributed by atoms with Crippen molar-refractivity contribution in [3.8, 4) is 17.2 Å². The lowest BCUT2D eigenvalue weighted by molar-refractivity contribution is -0.123. The second-order valence-electron chi connectivity index (χ2n) is 10.5. The molecule has 2 amide bonds. The Morgan fingerprint density at radius 1 is 0.975 bits per heavy atom. The van der Waals surface area contributed by atoms with Crippen LogP contribution in [0.2, 0.25) is 0 Å². The first-order valence-corrected chi connectivity index (χ1v) is 14.0. The van der Waals surface area contributed by atoms with Crippen molar-refractivity contribution in [2.45, 2.75) is 25.7 Å². The number of hydrogen-bond donors (Lipinski definition) is 1. The molecular weight excluding hydrogens is 625 g/mol. The molecule has 0 bridgehead atoms. The molecule has 3 aliphatic carbocycles. The van der Waals surface area contributed by atoms with Crippen molar-refractivity contribution in [3.63, 3.8) is 0 Å². The van der Waals surface area contributed by atoms with Gasteiger partial charge in [-0.1, -0.05) is 11.6 Å². The van der Waals surface area contributed by atoms with Crippen molar-refractivity contribution in [1.82, 2.24) is 0 Å². The van der Waals surface area contributed by atoms with Crippen LogP contribution in [-0.2, 0) is 19.2 Å². The summed E-state index contributed by atoms with van der Waals surface area (Å²) < 4.78 is 11.9. The number of amides is 2. The number of phenols is 1. The average Bonchev–Trinajstić information content (AvgIpc) is 3.20.